The topological polar surface area (TPSA) is 88.0 Å². The molecule has 2 aliphatic rings. The zero-order chi connectivity index (χ0) is 24.1. The molecule has 8 nitrogen and oxygen atoms in total. The van der Waals surface area contributed by atoms with Crippen molar-refractivity contribution in [3.8, 4) is 0 Å². The van der Waals surface area contributed by atoms with Crippen molar-refractivity contribution in [2.75, 3.05) is 43.0 Å². The van der Waals surface area contributed by atoms with Crippen LogP contribution >= 0.6 is 23.6 Å². The van der Waals surface area contributed by atoms with Crippen molar-refractivity contribution in [2.45, 2.75) is 45.4 Å². The fraction of sp³-hybridized carbons (Fsp3) is 0.500. The van der Waals surface area contributed by atoms with Crippen molar-refractivity contribution in [2.24, 2.45) is 0 Å². The van der Waals surface area contributed by atoms with E-state index in [1.165, 1.54) is 29.9 Å². The second-order valence-electron chi connectivity index (χ2n) is 8.52. The lowest BCUT2D eigenvalue weighted by molar-refractivity contribution is -0.384. The van der Waals surface area contributed by atoms with Gasteiger partial charge < -0.3 is 19.9 Å². The molecule has 1 aliphatic carbocycles. The van der Waals surface area contributed by atoms with Gasteiger partial charge in [-0.15, -0.1) is 11.3 Å². The van der Waals surface area contributed by atoms with Gasteiger partial charge in [0.1, 0.15) is 5.00 Å². The normalized spacial score (nSPS) is 16.3. The zero-order valence-corrected chi connectivity index (χ0v) is 21.0. The van der Waals surface area contributed by atoms with Crippen LogP contribution in [0.5, 0.6) is 0 Å². The first-order valence-corrected chi connectivity index (χ1v) is 13.1. The van der Waals surface area contributed by atoms with Crippen LogP contribution in [0.2, 0.25) is 0 Å². The minimum atomic E-state index is -0.387. The predicted octanol–water partition coefficient (Wildman–Crippen LogP) is 5.01. The van der Waals surface area contributed by atoms with Gasteiger partial charge in [0.2, 0.25) is 0 Å². The summed E-state index contributed by atoms with van der Waals surface area (Å²) >= 11 is 7.38. The van der Waals surface area contributed by atoms with Gasteiger partial charge in [-0.25, -0.2) is 4.79 Å². The zero-order valence-electron chi connectivity index (χ0n) is 19.4. The molecule has 0 bridgehead atoms. The third kappa shape index (κ3) is 5.50. The number of carbonyl (C=O) groups excluding carboxylic acids is 1. The van der Waals surface area contributed by atoms with E-state index in [9.17, 15) is 14.9 Å². The molecule has 4 rings (SSSR count). The molecule has 0 spiro atoms. The number of ether oxygens (including phenoxy) is 1. The molecule has 1 aromatic heterocycles. The number of hydrogen-bond donors (Lipinski definition) is 1. The second-order valence-corrected chi connectivity index (χ2v) is 10.0. The number of carbonyl (C=O) groups is 1. The number of benzene rings is 1. The van der Waals surface area contributed by atoms with Crippen LogP contribution in [-0.2, 0) is 17.6 Å². The maximum atomic E-state index is 12.9. The number of nitrogens with one attached hydrogen (secondary N) is 1. The summed E-state index contributed by atoms with van der Waals surface area (Å²) in [6.45, 7) is 5.13. The number of thiocarbonyl (C=S) groups is 1. The minimum Gasteiger partial charge on any atom is -0.462 e. The van der Waals surface area contributed by atoms with E-state index in [0.717, 1.165) is 68.1 Å². The molecule has 0 atom stereocenters. The number of aryl methyl sites for hydroxylation is 1. The maximum absolute atomic E-state index is 12.9. The van der Waals surface area contributed by atoms with Crippen molar-refractivity contribution < 1.29 is 14.5 Å². The lowest BCUT2D eigenvalue weighted by Gasteiger charge is -2.37. The van der Waals surface area contributed by atoms with Crippen molar-refractivity contribution >= 4 is 51.0 Å². The molecule has 2 heterocycles. The highest BCUT2D eigenvalue weighted by Crippen LogP contribution is 2.38. The summed E-state index contributed by atoms with van der Waals surface area (Å²) in [6.07, 6.45) is 6.55. The monoisotopic (exact) mass is 502 g/mol. The van der Waals surface area contributed by atoms with Crippen molar-refractivity contribution in [1.29, 1.82) is 0 Å². The molecule has 1 aromatic carbocycles. The molecule has 0 amide bonds. The number of hydrogen-bond acceptors (Lipinski definition) is 7. The molecular formula is C24H30N4O4S2. The standard InChI is InChI=1S/C24H30N4O4S2/c1-2-32-23(29)21-19-7-5-3-4-6-8-20(19)34-22(21)25-24(33)27-15-13-26(14-16-27)17-9-11-18(12-10-17)28(30)31/h9-12H,2-8,13-16H2,1H3,(H,25,33). The first-order valence-electron chi connectivity index (χ1n) is 11.8. The van der Waals surface area contributed by atoms with Gasteiger partial charge in [0.15, 0.2) is 5.11 Å². The van der Waals surface area contributed by atoms with Gasteiger partial charge in [-0.1, -0.05) is 12.8 Å². The van der Waals surface area contributed by atoms with Gasteiger partial charge >= 0.3 is 5.97 Å². The van der Waals surface area contributed by atoms with Crippen LogP contribution in [0.15, 0.2) is 24.3 Å². The van der Waals surface area contributed by atoms with Crippen LogP contribution in [0.4, 0.5) is 16.4 Å². The number of nitro benzene ring substituents is 1. The fourth-order valence-electron chi connectivity index (χ4n) is 4.56. The quantitative estimate of drug-likeness (QED) is 0.264. The van der Waals surface area contributed by atoms with E-state index < -0.39 is 0 Å². The summed E-state index contributed by atoms with van der Waals surface area (Å²) in [5.74, 6) is -0.270. The van der Waals surface area contributed by atoms with E-state index in [1.54, 1.807) is 23.5 Å². The first kappa shape index (κ1) is 24.4. The van der Waals surface area contributed by atoms with Crippen LogP contribution in [0.25, 0.3) is 0 Å². The number of esters is 1. The summed E-state index contributed by atoms with van der Waals surface area (Å²) in [7, 11) is 0. The van der Waals surface area contributed by atoms with Gasteiger partial charge in [-0.2, -0.15) is 0 Å². The highest BCUT2D eigenvalue weighted by Gasteiger charge is 2.27. The third-order valence-corrected chi connectivity index (χ3v) is 7.93. The Bertz CT molecular complexity index is 1050. The Hall–Kier alpha value is -2.72. The van der Waals surface area contributed by atoms with Crippen LogP contribution in [-0.4, -0.2) is 53.7 Å². The van der Waals surface area contributed by atoms with E-state index in [0.29, 0.717) is 17.3 Å². The molecule has 1 fully saturated rings. The van der Waals surface area contributed by atoms with E-state index >= 15 is 0 Å². The van der Waals surface area contributed by atoms with Gasteiger partial charge in [-0.3, -0.25) is 10.1 Å². The predicted molar refractivity (Wildman–Crippen MR) is 139 cm³/mol. The molecule has 2 aromatic rings. The Balaban J connectivity index is 1.44. The lowest BCUT2D eigenvalue weighted by Crippen LogP contribution is -2.50. The first-order chi connectivity index (χ1) is 16.5. The molecule has 1 aliphatic heterocycles. The molecule has 10 heteroatoms. The smallest absolute Gasteiger partial charge is 0.341 e. The Morgan fingerprint density at radius 1 is 1.12 bits per heavy atom. The lowest BCUT2D eigenvalue weighted by atomic mass is 9.96. The molecule has 182 valence electrons. The summed E-state index contributed by atoms with van der Waals surface area (Å²) in [5.41, 5.74) is 2.86. The van der Waals surface area contributed by atoms with Crippen LogP contribution < -0.4 is 10.2 Å². The summed E-state index contributed by atoms with van der Waals surface area (Å²) in [4.78, 5) is 29.0. The highest BCUT2D eigenvalue weighted by atomic mass is 32.1. The highest BCUT2D eigenvalue weighted by molar-refractivity contribution is 7.80. The molecule has 1 saturated heterocycles. The second kappa shape index (κ2) is 11.1. The summed E-state index contributed by atoms with van der Waals surface area (Å²) in [5, 5.41) is 15.7. The number of rotatable bonds is 5. The average molecular weight is 503 g/mol. The maximum Gasteiger partial charge on any atom is 0.341 e. The number of nitrogens with zero attached hydrogens (tertiary/aromatic N) is 3. The Kier molecular flexibility index (Phi) is 7.99. The van der Waals surface area contributed by atoms with Crippen LogP contribution in [0, 0.1) is 10.1 Å². The number of piperazine rings is 1. The molecular weight excluding hydrogens is 472 g/mol. The van der Waals surface area contributed by atoms with E-state index in [1.807, 2.05) is 6.92 Å². The van der Waals surface area contributed by atoms with Crippen molar-refractivity contribution in [3.63, 3.8) is 0 Å². The Labute approximate surface area is 209 Å². The number of fused-ring (bicyclic) bond motifs is 1. The molecule has 0 radical (unpaired) electrons. The number of non-ortho nitro benzene ring substituents is 1. The van der Waals surface area contributed by atoms with Crippen LogP contribution in [0.1, 0.15) is 53.4 Å². The van der Waals surface area contributed by atoms with Crippen LogP contribution in [0.3, 0.4) is 0 Å². The third-order valence-electron chi connectivity index (χ3n) is 6.36. The molecule has 0 saturated carbocycles. The SMILES string of the molecule is CCOC(=O)c1c(NC(=S)N2CCN(c3ccc([N+](=O)[O-])cc3)CC2)sc2c1CCCCCC2. The van der Waals surface area contributed by atoms with E-state index in [-0.39, 0.29) is 16.6 Å². The largest absolute Gasteiger partial charge is 0.462 e. The fourth-order valence-corrected chi connectivity index (χ4v) is 6.18. The molecule has 34 heavy (non-hydrogen) atoms. The van der Waals surface area contributed by atoms with Gasteiger partial charge in [0.25, 0.3) is 5.69 Å². The van der Waals surface area contributed by atoms with Gasteiger partial charge in [0.05, 0.1) is 17.1 Å². The molecule has 0 unspecified atom stereocenters. The molecule has 1 N–H and O–H groups in total. The summed E-state index contributed by atoms with van der Waals surface area (Å²) < 4.78 is 5.40. The Morgan fingerprint density at radius 2 is 1.79 bits per heavy atom. The number of thiophene rings is 1. The number of anilines is 2. The van der Waals surface area contributed by atoms with Gasteiger partial charge in [-0.05, 0) is 62.5 Å². The van der Waals surface area contributed by atoms with Gasteiger partial charge in [0, 0.05) is 48.9 Å². The van der Waals surface area contributed by atoms with Crippen molar-refractivity contribution in [3.05, 3.63) is 50.4 Å². The minimum absolute atomic E-state index is 0.0928. The van der Waals surface area contributed by atoms with Crippen molar-refractivity contribution in [1.82, 2.24) is 4.90 Å². The van der Waals surface area contributed by atoms with E-state index in [2.05, 4.69) is 15.1 Å². The Morgan fingerprint density at radius 3 is 2.44 bits per heavy atom. The average Bonchev–Trinajstić information content (AvgIpc) is 3.15. The van der Waals surface area contributed by atoms with E-state index in [4.69, 9.17) is 17.0 Å². The summed E-state index contributed by atoms with van der Waals surface area (Å²) in [6, 6.07) is 6.65. The number of nitro groups is 1.